The van der Waals surface area contributed by atoms with E-state index in [4.69, 9.17) is 9.41 Å². The number of aryl methyl sites for hydroxylation is 1. The van der Waals surface area contributed by atoms with Crippen LogP contribution in [0.15, 0.2) is 76.3 Å². The van der Waals surface area contributed by atoms with Crippen molar-refractivity contribution < 1.29 is 9.21 Å². The maximum Gasteiger partial charge on any atom is 0.251 e. The molecular weight excluding hydrogens is 539 g/mol. The lowest BCUT2D eigenvalue weighted by Gasteiger charge is -2.27. The minimum Gasteiger partial charge on any atom is -0.469 e. The second-order valence-electron chi connectivity index (χ2n) is 8.37. The van der Waals surface area contributed by atoms with E-state index in [1.807, 2.05) is 36.4 Å². The summed E-state index contributed by atoms with van der Waals surface area (Å²) in [7, 11) is 1.65. The lowest BCUT2D eigenvalue weighted by Crippen LogP contribution is -2.46. The molecule has 0 saturated carbocycles. The van der Waals surface area contributed by atoms with Gasteiger partial charge < -0.3 is 20.4 Å². The van der Waals surface area contributed by atoms with Gasteiger partial charge in [-0.05, 0) is 66.6 Å². The van der Waals surface area contributed by atoms with Gasteiger partial charge in [0.25, 0.3) is 5.91 Å². The number of carbonyl (C=O) groups excluding carboxylic acids is 1. The van der Waals surface area contributed by atoms with E-state index in [1.165, 1.54) is 11.1 Å². The standard InChI is InChI=1S/C27H32N4O2.HI/c1-28-26(32)23-9-4-6-20(18-23)13-15-29-27(30-16-14-25-10-5-17-33-25)31-24-12-11-21-7-2-3-8-22(21)19-24;/h2-10,17-18,24H,11-16,19H2,1H3,(H,28,32)(H2,29,30,31);1H. The Morgan fingerprint density at radius 1 is 1.06 bits per heavy atom. The van der Waals surface area contributed by atoms with Gasteiger partial charge >= 0.3 is 0 Å². The van der Waals surface area contributed by atoms with E-state index in [9.17, 15) is 4.79 Å². The molecule has 0 aliphatic heterocycles. The summed E-state index contributed by atoms with van der Waals surface area (Å²) in [5.74, 6) is 1.70. The van der Waals surface area contributed by atoms with Crippen LogP contribution in [0.1, 0.15) is 39.2 Å². The van der Waals surface area contributed by atoms with Crippen LogP contribution in [0.3, 0.4) is 0 Å². The predicted molar refractivity (Wildman–Crippen MR) is 147 cm³/mol. The first kappa shape index (κ1) is 25.8. The number of halogens is 1. The van der Waals surface area contributed by atoms with Crippen molar-refractivity contribution in [2.24, 2.45) is 4.99 Å². The molecule has 1 heterocycles. The SMILES string of the molecule is CNC(=O)c1cccc(CCNC(=NCCc2ccco2)NC2CCc3ccccc3C2)c1.I. The van der Waals surface area contributed by atoms with Crippen LogP contribution in [0.4, 0.5) is 0 Å². The first-order valence-corrected chi connectivity index (χ1v) is 11.7. The fourth-order valence-corrected chi connectivity index (χ4v) is 4.24. The van der Waals surface area contributed by atoms with Crippen LogP contribution in [-0.2, 0) is 25.7 Å². The largest absolute Gasteiger partial charge is 0.469 e. The normalized spacial score (nSPS) is 15.1. The van der Waals surface area contributed by atoms with Crippen molar-refractivity contribution in [2.45, 2.75) is 38.1 Å². The number of aliphatic imine (C=N–C) groups is 1. The van der Waals surface area contributed by atoms with Gasteiger partial charge in [-0.2, -0.15) is 0 Å². The molecule has 1 aliphatic carbocycles. The molecule has 0 fully saturated rings. The number of furan rings is 1. The molecule has 0 radical (unpaired) electrons. The van der Waals surface area contributed by atoms with Crippen LogP contribution in [0.5, 0.6) is 0 Å². The highest BCUT2D eigenvalue weighted by Gasteiger charge is 2.19. The van der Waals surface area contributed by atoms with Crippen LogP contribution >= 0.6 is 24.0 Å². The van der Waals surface area contributed by atoms with Gasteiger partial charge in [-0.3, -0.25) is 9.79 Å². The summed E-state index contributed by atoms with van der Waals surface area (Å²) in [5.41, 5.74) is 4.67. The molecule has 180 valence electrons. The summed E-state index contributed by atoms with van der Waals surface area (Å²) in [6.45, 7) is 1.38. The summed E-state index contributed by atoms with van der Waals surface area (Å²) >= 11 is 0. The monoisotopic (exact) mass is 572 g/mol. The van der Waals surface area contributed by atoms with E-state index in [1.54, 1.807) is 13.3 Å². The van der Waals surface area contributed by atoms with Gasteiger partial charge in [0.15, 0.2) is 5.96 Å². The minimum atomic E-state index is -0.0655. The summed E-state index contributed by atoms with van der Waals surface area (Å²) in [6.07, 6.45) is 6.44. The van der Waals surface area contributed by atoms with Crippen LogP contribution in [0, 0.1) is 0 Å². The first-order chi connectivity index (χ1) is 16.2. The Bertz CT molecular complexity index is 1080. The topological polar surface area (TPSA) is 78.7 Å². The van der Waals surface area contributed by atoms with Gasteiger partial charge in [-0.25, -0.2) is 0 Å². The molecule has 0 spiro atoms. The lowest BCUT2D eigenvalue weighted by atomic mass is 9.88. The zero-order valence-electron chi connectivity index (χ0n) is 19.5. The molecule has 0 bridgehead atoms. The van der Waals surface area contributed by atoms with Crippen LogP contribution in [0.25, 0.3) is 0 Å². The molecule has 34 heavy (non-hydrogen) atoms. The Morgan fingerprint density at radius 3 is 2.71 bits per heavy atom. The van der Waals surface area contributed by atoms with Crippen molar-refractivity contribution in [2.75, 3.05) is 20.1 Å². The fraction of sp³-hybridized carbons (Fsp3) is 0.333. The third kappa shape index (κ3) is 7.35. The number of rotatable bonds is 8. The van der Waals surface area contributed by atoms with Gasteiger partial charge in [0.05, 0.1) is 6.26 Å². The van der Waals surface area contributed by atoms with E-state index in [2.05, 4.69) is 40.2 Å². The number of nitrogens with zero attached hydrogens (tertiary/aromatic N) is 1. The highest BCUT2D eigenvalue weighted by Crippen LogP contribution is 2.21. The lowest BCUT2D eigenvalue weighted by molar-refractivity contribution is 0.0963. The molecule has 6 nitrogen and oxygen atoms in total. The molecule has 1 amide bonds. The number of carbonyl (C=O) groups is 1. The highest BCUT2D eigenvalue weighted by molar-refractivity contribution is 14.0. The Kier molecular flexibility index (Phi) is 10.00. The third-order valence-electron chi connectivity index (χ3n) is 6.02. The summed E-state index contributed by atoms with van der Waals surface area (Å²) in [4.78, 5) is 16.7. The fourth-order valence-electron chi connectivity index (χ4n) is 4.24. The van der Waals surface area contributed by atoms with Gasteiger partial charge in [-0.15, -0.1) is 24.0 Å². The Balaban J connectivity index is 0.00000324. The minimum absolute atomic E-state index is 0. The van der Waals surface area contributed by atoms with E-state index in [0.29, 0.717) is 18.2 Å². The number of nitrogens with one attached hydrogen (secondary N) is 3. The summed E-state index contributed by atoms with van der Waals surface area (Å²) < 4.78 is 5.44. The molecule has 4 rings (SSSR count). The average Bonchev–Trinajstić information content (AvgIpc) is 3.37. The molecule has 1 aromatic heterocycles. The van der Waals surface area contributed by atoms with Gasteiger partial charge in [0.1, 0.15) is 5.76 Å². The number of amides is 1. The van der Waals surface area contributed by atoms with Gasteiger partial charge in [-0.1, -0.05) is 36.4 Å². The van der Waals surface area contributed by atoms with Gasteiger partial charge in [0.2, 0.25) is 0 Å². The van der Waals surface area contributed by atoms with Crippen molar-refractivity contribution in [1.82, 2.24) is 16.0 Å². The van der Waals surface area contributed by atoms with Crippen molar-refractivity contribution >= 4 is 35.8 Å². The quantitative estimate of drug-likeness (QED) is 0.216. The molecule has 3 aromatic rings. The summed E-state index contributed by atoms with van der Waals surface area (Å²) in [5, 5.41) is 9.81. The Hall–Kier alpha value is -2.81. The van der Waals surface area contributed by atoms with Crippen molar-refractivity contribution in [3.8, 4) is 0 Å². The molecule has 2 aromatic carbocycles. The molecular formula is C27H33IN4O2. The predicted octanol–water partition coefficient (Wildman–Crippen LogP) is 4.14. The molecule has 3 N–H and O–H groups in total. The van der Waals surface area contributed by atoms with E-state index in [-0.39, 0.29) is 29.9 Å². The highest BCUT2D eigenvalue weighted by atomic mass is 127. The van der Waals surface area contributed by atoms with Crippen LogP contribution in [0.2, 0.25) is 0 Å². The van der Waals surface area contributed by atoms with E-state index in [0.717, 1.165) is 55.9 Å². The van der Waals surface area contributed by atoms with Crippen molar-refractivity contribution in [3.63, 3.8) is 0 Å². The number of fused-ring (bicyclic) bond motifs is 1. The Labute approximate surface area is 218 Å². The van der Waals surface area contributed by atoms with Gasteiger partial charge in [0, 0.05) is 38.2 Å². The zero-order valence-corrected chi connectivity index (χ0v) is 21.9. The second kappa shape index (κ2) is 13.2. The van der Waals surface area contributed by atoms with Crippen molar-refractivity contribution in [3.05, 3.63) is 94.9 Å². The molecule has 0 saturated heterocycles. The maximum atomic E-state index is 11.9. The Morgan fingerprint density at radius 2 is 1.91 bits per heavy atom. The molecule has 1 atom stereocenters. The van der Waals surface area contributed by atoms with E-state index < -0.39 is 0 Å². The number of guanidine groups is 1. The summed E-state index contributed by atoms with van der Waals surface area (Å²) in [6, 6.07) is 20.7. The smallest absolute Gasteiger partial charge is 0.251 e. The van der Waals surface area contributed by atoms with Crippen molar-refractivity contribution in [1.29, 1.82) is 0 Å². The zero-order chi connectivity index (χ0) is 22.9. The molecule has 1 unspecified atom stereocenters. The van der Waals surface area contributed by atoms with Crippen LogP contribution < -0.4 is 16.0 Å². The average molecular weight is 572 g/mol. The first-order valence-electron chi connectivity index (χ1n) is 11.7. The number of hydrogen-bond donors (Lipinski definition) is 3. The molecule has 1 aliphatic rings. The number of benzene rings is 2. The number of hydrogen-bond acceptors (Lipinski definition) is 3. The third-order valence-corrected chi connectivity index (χ3v) is 6.02. The van der Waals surface area contributed by atoms with Crippen LogP contribution in [-0.4, -0.2) is 38.0 Å². The molecule has 7 heteroatoms. The second-order valence-corrected chi connectivity index (χ2v) is 8.37. The van der Waals surface area contributed by atoms with E-state index >= 15 is 0 Å². The maximum absolute atomic E-state index is 11.9.